The van der Waals surface area contributed by atoms with Gasteiger partial charge in [0.05, 0.1) is 26.1 Å². The van der Waals surface area contributed by atoms with Gasteiger partial charge < -0.3 is 9.64 Å². The summed E-state index contributed by atoms with van der Waals surface area (Å²) in [6, 6.07) is 3.37. The number of hydrogen-bond acceptors (Lipinski definition) is 6. The fourth-order valence-corrected chi connectivity index (χ4v) is 2.32. The lowest BCUT2D eigenvalue weighted by Gasteiger charge is -2.28. The first kappa shape index (κ1) is 14.5. The van der Waals surface area contributed by atoms with Crippen LogP contribution >= 0.6 is 11.6 Å². The van der Waals surface area contributed by atoms with Crippen LogP contribution in [0.5, 0.6) is 0 Å². The number of pyridine rings is 1. The topological polar surface area (TPSA) is 68.7 Å². The number of halogens is 1. The molecule has 0 bridgehead atoms. The molecule has 0 saturated carbocycles. The SMILES string of the molecule is CS(=O)(=O)OCc1cc(Cl)nc(N2CCOCC2)c1. The fraction of sp³-hybridized carbons (Fsp3) is 0.545. The number of ether oxygens (including phenoxy) is 1. The minimum Gasteiger partial charge on any atom is -0.378 e. The number of morpholine rings is 1. The lowest BCUT2D eigenvalue weighted by atomic mass is 10.2. The molecule has 19 heavy (non-hydrogen) atoms. The number of anilines is 1. The zero-order valence-corrected chi connectivity index (χ0v) is 12.1. The second kappa shape index (κ2) is 6.04. The standard InChI is InChI=1S/C11H15ClN2O4S/c1-19(15,16)18-8-9-6-10(12)13-11(7-9)14-2-4-17-5-3-14/h6-7H,2-5,8H2,1H3. The molecule has 1 saturated heterocycles. The third kappa shape index (κ3) is 4.61. The highest BCUT2D eigenvalue weighted by atomic mass is 35.5. The van der Waals surface area contributed by atoms with Gasteiger partial charge in [0.25, 0.3) is 10.1 Å². The number of aromatic nitrogens is 1. The van der Waals surface area contributed by atoms with Gasteiger partial charge >= 0.3 is 0 Å². The first-order valence-corrected chi connectivity index (χ1v) is 7.97. The number of nitrogens with zero attached hydrogens (tertiary/aromatic N) is 2. The average Bonchev–Trinajstić information content (AvgIpc) is 2.36. The summed E-state index contributed by atoms with van der Waals surface area (Å²) in [5, 5.41) is 0.316. The molecule has 0 aliphatic carbocycles. The quantitative estimate of drug-likeness (QED) is 0.612. The van der Waals surface area contributed by atoms with Crippen molar-refractivity contribution in [2.45, 2.75) is 6.61 Å². The molecule has 2 heterocycles. The molecular weight excluding hydrogens is 292 g/mol. The first-order valence-electron chi connectivity index (χ1n) is 5.77. The Labute approximate surface area is 117 Å². The van der Waals surface area contributed by atoms with Crippen molar-refractivity contribution in [3.63, 3.8) is 0 Å². The van der Waals surface area contributed by atoms with Crippen LogP contribution in [0.3, 0.4) is 0 Å². The van der Waals surface area contributed by atoms with Gasteiger partial charge in [0, 0.05) is 13.1 Å². The van der Waals surface area contributed by atoms with Gasteiger partial charge in [-0.2, -0.15) is 8.42 Å². The van der Waals surface area contributed by atoms with Crippen molar-refractivity contribution in [1.82, 2.24) is 4.98 Å². The normalized spacial score (nSPS) is 16.6. The predicted octanol–water partition coefficient (Wildman–Crippen LogP) is 1.05. The van der Waals surface area contributed by atoms with Crippen molar-refractivity contribution in [3.05, 3.63) is 22.8 Å². The molecule has 1 aromatic rings. The third-order valence-electron chi connectivity index (χ3n) is 2.62. The van der Waals surface area contributed by atoms with Crippen molar-refractivity contribution in [2.75, 3.05) is 37.5 Å². The van der Waals surface area contributed by atoms with Crippen LogP contribution in [0.4, 0.5) is 5.82 Å². The molecule has 0 N–H and O–H groups in total. The maximum Gasteiger partial charge on any atom is 0.264 e. The molecule has 0 atom stereocenters. The summed E-state index contributed by atoms with van der Waals surface area (Å²) < 4.78 is 32.0. The summed E-state index contributed by atoms with van der Waals surface area (Å²) >= 11 is 5.95. The lowest BCUT2D eigenvalue weighted by Crippen LogP contribution is -2.36. The van der Waals surface area contributed by atoms with E-state index in [-0.39, 0.29) is 6.61 Å². The van der Waals surface area contributed by atoms with Crippen LogP contribution < -0.4 is 4.90 Å². The molecule has 0 spiro atoms. The van der Waals surface area contributed by atoms with Crippen LogP contribution in [0.15, 0.2) is 12.1 Å². The maximum absolute atomic E-state index is 11.0. The number of hydrogen-bond donors (Lipinski definition) is 0. The van der Waals surface area contributed by atoms with Gasteiger partial charge in [-0.1, -0.05) is 11.6 Å². The van der Waals surface area contributed by atoms with E-state index in [1.807, 2.05) is 4.90 Å². The third-order valence-corrected chi connectivity index (χ3v) is 3.35. The summed E-state index contributed by atoms with van der Waals surface area (Å²) in [5.74, 6) is 0.711. The minimum absolute atomic E-state index is 0.0432. The van der Waals surface area contributed by atoms with E-state index in [0.29, 0.717) is 29.7 Å². The average molecular weight is 307 g/mol. The zero-order chi connectivity index (χ0) is 13.9. The second-order valence-electron chi connectivity index (χ2n) is 4.22. The molecule has 1 aliphatic rings. The lowest BCUT2D eigenvalue weighted by molar-refractivity contribution is 0.122. The van der Waals surface area contributed by atoms with Gasteiger partial charge in [-0.15, -0.1) is 0 Å². The van der Waals surface area contributed by atoms with E-state index in [0.717, 1.165) is 19.3 Å². The van der Waals surface area contributed by atoms with Gasteiger partial charge in [0.2, 0.25) is 0 Å². The molecule has 1 aliphatic heterocycles. The zero-order valence-electron chi connectivity index (χ0n) is 10.5. The molecular formula is C11H15ClN2O4S. The Morgan fingerprint density at radius 2 is 2.11 bits per heavy atom. The largest absolute Gasteiger partial charge is 0.378 e. The molecule has 0 amide bonds. The van der Waals surface area contributed by atoms with Gasteiger partial charge in [0.1, 0.15) is 11.0 Å². The van der Waals surface area contributed by atoms with Gasteiger partial charge in [0.15, 0.2) is 0 Å². The van der Waals surface area contributed by atoms with E-state index in [1.165, 1.54) is 0 Å². The van der Waals surface area contributed by atoms with Gasteiger partial charge in [-0.3, -0.25) is 4.18 Å². The van der Waals surface area contributed by atoms with Crippen LogP contribution in [0.2, 0.25) is 5.15 Å². The van der Waals surface area contributed by atoms with Gasteiger partial charge in [-0.05, 0) is 17.7 Å². The highest BCUT2D eigenvalue weighted by Crippen LogP contribution is 2.20. The highest BCUT2D eigenvalue weighted by molar-refractivity contribution is 7.85. The monoisotopic (exact) mass is 306 g/mol. The Balaban J connectivity index is 2.14. The molecule has 1 fully saturated rings. The summed E-state index contributed by atoms with van der Waals surface area (Å²) in [7, 11) is -3.47. The summed E-state index contributed by atoms with van der Waals surface area (Å²) in [4.78, 5) is 6.27. The van der Waals surface area contributed by atoms with Crippen molar-refractivity contribution in [1.29, 1.82) is 0 Å². The molecule has 0 unspecified atom stereocenters. The van der Waals surface area contributed by atoms with Crippen molar-refractivity contribution in [2.24, 2.45) is 0 Å². The molecule has 1 aromatic heterocycles. The molecule has 0 radical (unpaired) electrons. The Bertz CT molecular complexity index is 544. The summed E-state index contributed by atoms with van der Waals surface area (Å²) in [6.07, 6.45) is 1.01. The Kier molecular flexibility index (Phi) is 4.62. The van der Waals surface area contributed by atoms with Crippen LogP contribution in [-0.4, -0.2) is 46.0 Å². The molecule has 6 nitrogen and oxygen atoms in total. The van der Waals surface area contributed by atoms with Crippen molar-refractivity contribution < 1.29 is 17.3 Å². The summed E-state index contributed by atoms with van der Waals surface area (Å²) in [6.45, 7) is 2.71. The second-order valence-corrected chi connectivity index (χ2v) is 6.25. The van der Waals surface area contributed by atoms with E-state index >= 15 is 0 Å². The smallest absolute Gasteiger partial charge is 0.264 e. The van der Waals surface area contributed by atoms with Crippen LogP contribution in [0.1, 0.15) is 5.56 Å². The van der Waals surface area contributed by atoms with Gasteiger partial charge in [-0.25, -0.2) is 4.98 Å². The van der Waals surface area contributed by atoms with Crippen LogP contribution in [0, 0.1) is 0 Å². The van der Waals surface area contributed by atoms with E-state index in [2.05, 4.69) is 4.98 Å². The fourth-order valence-electron chi connectivity index (χ4n) is 1.75. The number of rotatable bonds is 4. The van der Waals surface area contributed by atoms with Crippen molar-refractivity contribution >= 4 is 27.5 Å². The Morgan fingerprint density at radius 1 is 1.42 bits per heavy atom. The van der Waals surface area contributed by atoms with Crippen molar-refractivity contribution in [3.8, 4) is 0 Å². The maximum atomic E-state index is 11.0. The summed E-state index contributed by atoms with van der Waals surface area (Å²) in [5.41, 5.74) is 0.673. The van der Waals surface area contributed by atoms with Crippen LogP contribution in [-0.2, 0) is 25.6 Å². The predicted molar refractivity (Wildman–Crippen MR) is 71.9 cm³/mol. The minimum atomic E-state index is -3.47. The Morgan fingerprint density at radius 3 is 2.74 bits per heavy atom. The van der Waals surface area contributed by atoms with E-state index < -0.39 is 10.1 Å². The highest BCUT2D eigenvalue weighted by Gasteiger charge is 2.14. The molecule has 8 heteroatoms. The Hall–Kier alpha value is -0.890. The van der Waals surface area contributed by atoms with E-state index in [9.17, 15) is 8.42 Å². The molecule has 2 rings (SSSR count). The van der Waals surface area contributed by atoms with E-state index in [1.54, 1.807) is 12.1 Å². The van der Waals surface area contributed by atoms with E-state index in [4.69, 9.17) is 20.5 Å². The molecule has 106 valence electrons. The van der Waals surface area contributed by atoms with Crippen LogP contribution in [0.25, 0.3) is 0 Å². The first-order chi connectivity index (χ1) is 8.94. The molecule has 0 aromatic carbocycles.